The van der Waals surface area contributed by atoms with Crippen LogP contribution in [0.2, 0.25) is 0 Å². The van der Waals surface area contributed by atoms with Gasteiger partial charge < -0.3 is 45.3 Å². The number of Topliss-reactive ketones (excluding diaryl/α,β-unsaturated/α-hetero) is 1. The van der Waals surface area contributed by atoms with E-state index in [0.717, 1.165) is 60.4 Å². The highest BCUT2D eigenvalue weighted by atomic mass is 32.1. The second-order valence-corrected chi connectivity index (χ2v) is 19.4. The van der Waals surface area contributed by atoms with E-state index in [2.05, 4.69) is 74.8 Å². The summed E-state index contributed by atoms with van der Waals surface area (Å²) in [6.07, 6.45) is 6.60. The summed E-state index contributed by atoms with van der Waals surface area (Å²) in [5.74, 6) is -0.480. The Hall–Kier alpha value is -4.29. The topological polar surface area (TPSA) is 187 Å². The van der Waals surface area contributed by atoms with Crippen LogP contribution in [-0.4, -0.2) is 121 Å². The third kappa shape index (κ3) is 15.1. The average molecular weight is 918 g/mol. The Kier molecular flexibility index (Phi) is 19.3. The Morgan fingerprint density at radius 2 is 1.55 bits per heavy atom. The van der Waals surface area contributed by atoms with Crippen LogP contribution >= 0.6 is 11.3 Å². The first-order chi connectivity index (χ1) is 31.4. The summed E-state index contributed by atoms with van der Waals surface area (Å²) in [5.41, 5.74) is 4.84. The Labute approximate surface area is 388 Å². The summed E-state index contributed by atoms with van der Waals surface area (Å²) in [6, 6.07) is 14.1. The third-order valence-electron chi connectivity index (χ3n) is 12.2. The number of ether oxygens (including phenoxy) is 4. The Morgan fingerprint density at radius 1 is 0.877 bits per heavy atom. The molecule has 1 aromatic carbocycles. The average Bonchev–Trinajstić information content (AvgIpc) is 4.11. The van der Waals surface area contributed by atoms with Crippen LogP contribution in [0.5, 0.6) is 0 Å². The van der Waals surface area contributed by atoms with Gasteiger partial charge in [-0.1, -0.05) is 58.4 Å². The maximum absolute atomic E-state index is 14.0. The van der Waals surface area contributed by atoms with E-state index < -0.39 is 29.4 Å². The normalized spacial score (nSPS) is 20.3. The minimum absolute atomic E-state index is 0.00713. The second-order valence-electron chi connectivity index (χ2n) is 18.4. The summed E-state index contributed by atoms with van der Waals surface area (Å²) >= 11 is 1.71. The Morgan fingerprint density at radius 3 is 2.23 bits per heavy atom. The molecule has 2 aliphatic carbocycles. The molecule has 0 radical (unpaired) electrons. The molecule has 2 saturated carbocycles. The summed E-state index contributed by atoms with van der Waals surface area (Å²) in [6.45, 7) is 14.2. The van der Waals surface area contributed by atoms with Crippen LogP contribution in [0.1, 0.15) is 89.5 Å². The minimum Gasteiger partial charge on any atom is -0.393 e. The number of carbonyl (C=O) groups is 3. The highest BCUT2D eigenvalue weighted by Crippen LogP contribution is 2.37. The number of amides is 2. The molecule has 0 saturated heterocycles. The van der Waals surface area contributed by atoms with E-state index in [0.29, 0.717) is 72.4 Å². The van der Waals surface area contributed by atoms with Crippen molar-refractivity contribution in [1.82, 2.24) is 30.5 Å². The smallest absolute Gasteiger partial charge is 0.224 e. The fourth-order valence-electron chi connectivity index (χ4n) is 8.83. The van der Waals surface area contributed by atoms with Crippen molar-refractivity contribution in [3.63, 3.8) is 0 Å². The highest BCUT2D eigenvalue weighted by molar-refractivity contribution is 7.13. The molecule has 15 nitrogen and oxygen atoms in total. The number of fused-ring (bicyclic) bond motifs is 1. The van der Waals surface area contributed by atoms with Gasteiger partial charge in [0.15, 0.2) is 11.4 Å². The third-order valence-corrected chi connectivity index (χ3v) is 13.3. The summed E-state index contributed by atoms with van der Waals surface area (Å²) in [4.78, 5) is 45.9. The molecule has 4 aromatic rings. The number of aryl methyl sites for hydroxylation is 2. The van der Waals surface area contributed by atoms with Crippen molar-refractivity contribution in [3.05, 3.63) is 70.9 Å². The summed E-state index contributed by atoms with van der Waals surface area (Å²) in [5, 5.41) is 30.3. The number of thiophene rings is 1. The molecule has 0 aliphatic heterocycles. The molecule has 6 atom stereocenters. The number of aromatic nitrogens is 3. The number of benzene rings is 1. The number of hydrogen-bond donors (Lipinski definition) is 5. The van der Waals surface area contributed by atoms with Crippen molar-refractivity contribution in [2.75, 3.05) is 64.7 Å². The van der Waals surface area contributed by atoms with Crippen molar-refractivity contribution >= 4 is 40.4 Å². The van der Waals surface area contributed by atoms with Gasteiger partial charge in [0.2, 0.25) is 11.8 Å². The molecular formula is C49H71N7O8S. The zero-order chi connectivity index (χ0) is 46.2. The van der Waals surface area contributed by atoms with Crippen molar-refractivity contribution in [2.24, 2.45) is 17.3 Å². The molecular weight excluding hydrogens is 847 g/mol. The predicted octanol–water partition coefficient (Wildman–Crippen LogP) is 5.90. The molecule has 356 valence electrons. The summed E-state index contributed by atoms with van der Waals surface area (Å²) in [7, 11) is 0. The van der Waals surface area contributed by atoms with Crippen LogP contribution in [0.4, 0.5) is 5.82 Å². The first-order valence-electron chi connectivity index (χ1n) is 23.5. The lowest BCUT2D eigenvalue weighted by molar-refractivity contribution is -0.135. The number of carbonyl (C=O) groups excluding carboxylic acids is 3. The van der Waals surface area contributed by atoms with Gasteiger partial charge in [0, 0.05) is 60.2 Å². The molecule has 6 rings (SSSR count). The maximum Gasteiger partial charge on any atom is 0.224 e. The lowest BCUT2D eigenvalue weighted by Crippen LogP contribution is -2.51. The van der Waals surface area contributed by atoms with Crippen molar-refractivity contribution in [1.29, 1.82) is 0 Å². The second kappa shape index (κ2) is 25.0. The zero-order valence-corrected chi connectivity index (χ0v) is 39.8. The first-order valence-corrected chi connectivity index (χ1v) is 24.3. The van der Waals surface area contributed by atoms with E-state index in [1.54, 1.807) is 17.5 Å². The maximum atomic E-state index is 14.0. The van der Waals surface area contributed by atoms with Crippen molar-refractivity contribution in [3.8, 4) is 10.4 Å². The van der Waals surface area contributed by atoms with Gasteiger partial charge in [-0.2, -0.15) is 9.61 Å². The number of ketones is 1. The van der Waals surface area contributed by atoms with Crippen LogP contribution in [0.25, 0.3) is 16.1 Å². The standard InChI is InChI=1S/C49H71N7O8S/c1-6-7-36-29-43(56-42(53-36)14-17-52-56)54-37-12-13-38(28-37)55-44(58)15-19-61-21-23-63-25-26-64-24-22-62-20-18-50-47(49(3,4)5)45(59)40-30-39(57)31-41(40)48(60)51-32-34-8-10-35(11-9-34)46-33(2)16-27-65-46/h8-11,14,16-17,27,29,37-41,47,50,54,57H,6-7,12-13,15,18-26,28,30-32H2,1-5H3,(H,51,60)(H,55,58)/t37-,38-,39+,40?,41-,47-/m1/s1. The monoisotopic (exact) mass is 918 g/mol. The molecule has 2 aliphatic rings. The molecule has 5 N–H and O–H groups in total. The van der Waals surface area contributed by atoms with E-state index in [1.165, 1.54) is 10.4 Å². The zero-order valence-electron chi connectivity index (χ0n) is 38.9. The van der Waals surface area contributed by atoms with Gasteiger partial charge >= 0.3 is 0 Å². The van der Waals surface area contributed by atoms with Gasteiger partial charge in [-0.15, -0.1) is 11.3 Å². The molecule has 1 unspecified atom stereocenters. The van der Waals surface area contributed by atoms with Crippen LogP contribution in [0.15, 0.2) is 54.0 Å². The molecule has 3 aromatic heterocycles. The van der Waals surface area contributed by atoms with Gasteiger partial charge in [0.25, 0.3) is 0 Å². The number of aliphatic hydroxyl groups excluding tert-OH is 1. The van der Waals surface area contributed by atoms with Crippen molar-refractivity contribution < 1.29 is 38.4 Å². The number of hydrogen-bond acceptors (Lipinski definition) is 13. The van der Waals surface area contributed by atoms with Gasteiger partial charge in [-0.25, -0.2) is 4.98 Å². The van der Waals surface area contributed by atoms with E-state index >= 15 is 0 Å². The van der Waals surface area contributed by atoms with Gasteiger partial charge in [-0.3, -0.25) is 14.4 Å². The number of aliphatic hydroxyl groups is 1. The van der Waals surface area contributed by atoms with E-state index in [4.69, 9.17) is 18.9 Å². The Bertz CT molecular complexity index is 2100. The lowest BCUT2D eigenvalue weighted by atomic mass is 9.77. The molecule has 65 heavy (non-hydrogen) atoms. The molecule has 16 heteroatoms. The molecule has 3 heterocycles. The first kappa shape index (κ1) is 50.1. The quantitative estimate of drug-likeness (QED) is 0.0447. The summed E-state index contributed by atoms with van der Waals surface area (Å²) < 4.78 is 24.5. The Balaban J connectivity index is 0.770. The van der Waals surface area contributed by atoms with Gasteiger partial charge in [0.05, 0.1) is 77.1 Å². The molecule has 2 amide bonds. The molecule has 0 spiro atoms. The lowest BCUT2D eigenvalue weighted by Gasteiger charge is -2.33. The molecule has 2 fully saturated rings. The number of nitrogens with zero attached hydrogens (tertiary/aromatic N) is 3. The van der Waals surface area contributed by atoms with E-state index in [1.807, 2.05) is 43.5 Å². The van der Waals surface area contributed by atoms with Gasteiger partial charge in [0.1, 0.15) is 5.82 Å². The predicted molar refractivity (Wildman–Crippen MR) is 253 cm³/mol. The van der Waals surface area contributed by atoms with Crippen LogP contribution < -0.4 is 21.3 Å². The van der Waals surface area contributed by atoms with Gasteiger partial charge in [-0.05, 0) is 79.0 Å². The number of anilines is 1. The highest BCUT2D eigenvalue weighted by Gasteiger charge is 2.46. The largest absolute Gasteiger partial charge is 0.393 e. The molecule has 0 bridgehead atoms. The van der Waals surface area contributed by atoms with Crippen molar-refractivity contribution in [2.45, 2.75) is 117 Å². The fraction of sp³-hybridized carbons (Fsp3) is 0.612. The SMILES string of the molecule is CCCc1cc(N[C@@H]2CC[C@@H](NC(=O)CCOCCOCCOCCOCCN[C@H](C(=O)C3C[C@H](O)C[C@H]3C(=O)NCc3ccc(-c4sccc4C)cc3)C(C)(C)C)C2)n2nccc2n1. The number of rotatable bonds is 27. The van der Waals surface area contributed by atoms with E-state index in [-0.39, 0.29) is 42.5 Å². The number of nitrogens with one attached hydrogen (secondary N) is 4. The minimum atomic E-state index is -0.700. The fourth-order valence-corrected chi connectivity index (χ4v) is 9.77. The van der Waals surface area contributed by atoms with Crippen LogP contribution in [0.3, 0.4) is 0 Å². The van der Waals surface area contributed by atoms with Crippen LogP contribution in [-0.2, 0) is 46.3 Å². The van der Waals surface area contributed by atoms with Crippen LogP contribution in [0, 0.1) is 24.2 Å². The van der Waals surface area contributed by atoms with E-state index in [9.17, 15) is 19.5 Å².